The SMILES string of the molecule is CCCn1c(SCC(=O)NC(=O)Nc2ccc(C)c(C)c2)nnc1-c1ccncc1. The third-order valence-electron chi connectivity index (χ3n) is 4.45. The van der Waals surface area contributed by atoms with Crippen molar-refractivity contribution in [2.75, 3.05) is 11.1 Å². The van der Waals surface area contributed by atoms with Crippen molar-refractivity contribution in [3.05, 3.63) is 53.9 Å². The van der Waals surface area contributed by atoms with Gasteiger partial charge in [-0.25, -0.2) is 4.79 Å². The van der Waals surface area contributed by atoms with Crippen LogP contribution in [0.2, 0.25) is 0 Å². The number of amides is 3. The average molecular weight is 425 g/mol. The van der Waals surface area contributed by atoms with E-state index < -0.39 is 11.9 Å². The molecule has 3 rings (SSSR count). The highest BCUT2D eigenvalue weighted by molar-refractivity contribution is 7.99. The summed E-state index contributed by atoms with van der Waals surface area (Å²) in [5.41, 5.74) is 3.75. The number of benzene rings is 1. The second kappa shape index (κ2) is 10.0. The van der Waals surface area contributed by atoms with E-state index in [4.69, 9.17) is 0 Å². The van der Waals surface area contributed by atoms with Gasteiger partial charge in [-0.2, -0.15) is 0 Å². The number of imide groups is 1. The number of nitrogens with zero attached hydrogens (tertiary/aromatic N) is 4. The Labute approximate surface area is 179 Å². The first-order valence-electron chi connectivity index (χ1n) is 9.62. The minimum absolute atomic E-state index is 0.0541. The Kier molecular flexibility index (Phi) is 7.18. The molecule has 2 N–H and O–H groups in total. The van der Waals surface area contributed by atoms with E-state index in [-0.39, 0.29) is 5.75 Å². The third-order valence-corrected chi connectivity index (χ3v) is 5.42. The number of hydrogen-bond acceptors (Lipinski definition) is 6. The average Bonchev–Trinajstić information content (AvgIpc) is 3.13. The van der Waals surface area contributed by atoms with Gasteiger partial charge in [-0.3, -0.25) is 15.1 Å². The Morgan fingerprint density at radius 3 is 2.53 bits per heavy atom. The van der Waals surface area contributed by atoms with Gasteiger partial charge in [0.1, 0.15) is 0 Å². The summed E-state index contributed by atoms with van der Waals surface area (Å²) in [5.74, 6) is 0.380. The van der Waals surface area contributed by atoms with Crippen LogP contribution in [0.3, 0.4) is 0 Å². The lowest BCUT2D eigenvalue weighted by Crippen LogP contribution is -2.35. The number of aromatic nitrogens is 4. The van der Waals surface area contributed by atoms with Gasteiger partial charge in [-0.05, 0) is 55.7 Å². The van der Waals surface area contributed by atoms with E-state index in [1.807, 2.05) is 42.7 Å². The van der Waals surface area contributed by atoms with Gasteiger partial charge in [0.15, 0.2) is 11.0 Å². The zero-order valence-corrected chi connectivity index (χ0v) is 18.0. The zero-order valence-electron chi connectivity index (χ0n) is 17.2. The van der Waals surface area contributed by atoms with Crippen LogP contribution in [0.15, 0.2) is 47.9 Å². The lowest BCUT2D eigenvalue weighted by Gasteiger charge is -2.10. The van der Waals surface area contributed by atoms with E-state index >= 15 is 0 Å². The molecule has 30 heavy (non-hydrogen) atoms. The number of hydrogen-bond donors (Lipinski definition) is 2. The number of thioether (sulfide) groups is 1. The number of rotatable bonds is 7. The van der Waals surface area contributed by atoms with Crippen LogP contribution >= 0.6 is 11.8 Å². The quantitative estimate of drug-likeness (QED) is 0.559. The molecule has 8 nitrogen and oxygen atoms in total. The van der Waals surface area contributed by atoms with E-state index in [9.17, 15) is 9.59 Å². The van der Waals surface area contributed by atoms with Crippen LogP contribution in [-0.2, 0) is 11.3 Å². The number of aryl methyl sites for hydroxylation is 2. The first kappa shape index (κ1) is 21.5. The van der Waals surface area contributed by atoms with Crippen LogP contribution in [0.5, 0.6) is 0 Å². The second-order valence-corrected chi connectivity index (χ2v) is 7.73. The fourth-order valence-electron chi connectivity index (χ4n) is 2.81. The minimum atomic E-state index is -0.559. The van der Waals surface area contributed by atoms with Gasteiger partial charge >= 0.3 is 6.03 Å². The molecular weight excluding hydrogens is 400 g/mol. The second-order valence-electron chi connectivity index (χ2n) is 6.78. The van der Waals surface area contributed by atoms with E-state index in [1.165, 1.54) is 11.8 Å². The molecule has 0 saturated heterocycles. The van der Waals surface area contributed by atoms with Crippen molar-refractivity contribution in [3.8, 4) is 11.4 Å². The molecule has 0 radical (unpaired) electrons. The predicted octanol–water partition coefficient (Wildman–Crippen LogP) is 3.81. The lowest BCUT2D eigenvalue weighted by molar-refractivity contribution is -0.117. The lowest BCUT2D eigenvalue weighted by atomic mass is 10.1. The smallest absolute Gasteiger partial charge is 0.308 e. The van der Waals surface area contributed by atoms with Crippen molar-refractivity contribution in [2.24, 2.45) is 0 Å². The highest BCUT2D eigenvalue weighted by Crippen LogP contribution is 2.24. The summed E-state index contributed by atoms with van der Waals surface area (Å²) < 4.78 is 1.97. The summed E-state index contributed by atoms with van der Waals surface area (Å²) in [6.07, 6.45) is 4.30. The molecule has 2 aromatic heterocycles. The fraction of sp³-hybridized carbons (Fsp3) is 0.286. The summed E-state index contributed by atoms with van der Waals surface area (Å²) in [6.45, 7) is 6.75. The van der Waals surface area contributed by atoms with Crippen molar-refractivity contribution >= 4 is 29.4 Å². The Balaban J connectivity index is 1.59. The Hall–Kier alpha value is -3.20. The maximum Gasteiger partial charge on any atom is 0.325 e. The highest BCUT2D eigenvalue weighted by atomic mass is 32.2. The molecule has 0 unspecified atom stereocenters. The molecule has 0 bridgehead atoms. The van der Waals surface area contributed by atoms with Crippen LogP contribution in [0.25, 0.3) is 11.4 Å². The first-order chi connectivity index (χ1) is 14.5. The first-order valence-corrected chi connectivity index (χ1v) is 10.6. The largest absolute Gasteiger partial charge is 0.325 e. The van der Waals surface area contributed by atoms with Gasteiger partial charge in [0.05, 0.1) is 5.75 Å². The Bertz CT molecular complexity index is 1040. The Morgan fingerprint density at radius 1 is 1.07 bits per heavy atom. The molecule has 0 aliphatic rings. The normalized spacial score (nSPS) is 10.6. The molecule has 0 atom stereocenters. The molecular formula is C21H24N6O2S. The number of carbonyl (C=O) groups excluding carboxylic acids is 2. The van der Waals surface area contributed by atoms with Crippen molar-refractivity contribution in [1.82, 2.24) is 25.1 Å². The number of pyridine rings is 1. The molecule has 0 fully saturated rings. The monoisotopic (exact) mass is 424 g/mol. The van der Waals surface area contributed by atoms with Gasteiger partial charge in [0.2, 0.25) is 5.91 Å². The van der Waals surface area contributed by atoms with Crippen molar-refractivity contribution < 1.29 is 9.59 Å². The van der Waals surface area contributed by atoms with Crippen LogP contribution in [0.4, 0.5) is 10.5 Å². The number of anilines is 1. The zero-order chi connectivity index (χ0) is 21.5. The summed E-state index contributed by atoms with van der Waals surface area (Å²) in [5, 5.41) is 14.1. The summed E-state index contributed by atoms with van der Waals surface area (Å²) >= 11 is 1.24. The molecule has 9 heteroatoms. The molecule has 156 valence electrons. The maximum atomic E-state index is 12.2. The molecule has 3 amide bonds. The number of carbonyl (C=O) groups is 2. The topological polar surface area (TPSA) is 102 Å². The number of urea groups is 1. The molecule has 0 spiro atoms. The van der Waals surface area contributed by atoms with Gasteiger partial charge in [-0.15, -0.1) is 10.2 Å². The van der Waals surface area contributed by atoms with Gasteiger partial charge in [-0.1, -0.05) is 24.8 Å². The van der Waals surface area contributed by atoms with Crippen LogP contribution in [-0.4, -0.2) is 37.4 Å². The van der Waals surface area contributed by atoms with E-state index in [2.05, 4.69) is 32.7 Å². The molecule has 0 aliphatic heterocycles. The van der Waals surface area contributed by atoms with Crippen LogP contribution in [0, 0.1) is 13.8 Å². The third kappa shape index (κ3) is 5.44. The van der Waals surface area contributed by atoms with E-state index in [1.54, 1.807) is 18.5 Å². The molecule has 0 aliphatic carbocycles. The van der Waals surface area contributed by atoms with Crippen molar-refractivity contribution in [3.63, 3.8) is 0 Å². The van der Waals surface area contributed by atoms with Gasteiger partial charge in [0, 0.05) is 30.2 Å². The Morgan fingerprint density at radius 2 is 1.83 bits per heavy atom. The summed E-state index contributed by atoms with van der Waals surface area (Å²) in [4.78, 5) is 28.3. The standard InChI is InChI=1S/C21H24N6O2S/c1-4-11-27-19(16-7-9-22-10-8-16)25-26-21(27)30-13-18(28)24-20(29)23-17-6-5-14(2)15(3)12-17/h5-10,12H,4,11,13H2,1-3H3,(H2,23,24,28,29). The highest BCUT2D eigenvalue weighted by Gasteiger charge is 2.16. The number of nitrogens with one attached hydrogen (secondary N) is 2. The van der Waals surface area contributed by atoms with E-state index in [0.717, 1.165) is 35.5 Å². The van der Waals surface area contributed by atoms with Crippen molar-refractivity contribution in [1.29, 1.82) is 0 Å². The summed E-state index contributed by atoms with van der Waals surface area (Å²) in [7, 11) is 0. The molecule has 0 saturated carbocycles. The predicted molar refractivity (Wildman–Crippen MR) is 117 cm³/mol. The van der Waals surface area contributed by atoms with Crippen LogP contribution < -0.4 is 10.6 Å². The minimum Gasteiger partial charge on any atom is -0.308 e. The van der Waals surface area contributed by atoms with Crippen LogP contribution in [0.1, 0.15) is 24.5 Å². The molecule has 3 aromatic rings. The van der Waals surface area contributed by atoms with Gasteiger partial charge < -0.3 is 9.88 Å². The fourth-order valence-corrected chi connectivity index (χ4v) is 3.57. The summed E-state index contributed by atoms with van der Waals surface area (Å²) in [6, 6.07) is 8.76. The maximum absolute atomic E-state index is 12.2. The molecule has 2 heterocycles. The van der Waals surface area contributed by atoms with Gasteiger partial charge in [0.25, 0.3) is 0 Å². The molecule has 1 aromatic carbocycles. The van der Waals surface area contributed by atoms with Crippen molar-refractivity contribution in [2.45, 2.75) is 38.9 Å². The van der Waals surface area contributed by atoms with E-state index in [0.29, 0.717) is 10.8 Å².